The number of carbonyl (C=O) groups excluding carboxylic acids is 1. The van der Waals surface area contributed by atoms with Crippen molar-refractivity contribution in [1.82, 2.24) is 19.9 Å². The lowest BCUT2D eigenvalue weighted by molar-refractivity contribution is 0.0952. The van der Waals surface area contributed by atoms with E-state index < -0.39 is 0 Å². The van der Waals surface area contributed by atoms with Crippen molar-refractivity contribution in [3.63, 3.8) is 0 Å². The Balaban J connectivity index is 1.27. The van der Waals surface area contributed by atoms with E-state index in [-0.39, 0.29) is 5.91 Å². The largest absolute Gasteiger partial charge is 0.489 e. The van der Waals surface area contributed by atoms with Crippen LogP contribution in [0.3, 0.4) is 0 Å². The summed E-state index contributed by atoms with van der Waals surface area (Å²) in [5.74, 6) is 1.46. The normalized spacial score (nSPS) is 10.8. The summed E-state index contributed by atoms with van der Waals surface area (Å²) in [5.41, 5.74) is 2.51. The molecule has 29 heavy (non-hydrogen) atoms. The molecule has 6 nitrogen and oxygen atoms in total. The first-order valence-corrected chi connectivity index (χ1v) is 9.63. The number of aromatic nitrogens is 3. The van der Waals surface area contributed by atoms with Crippen LogP contribution in [-0.2, 0) is 13.0 Å². The van der Waals surface area contributed by atoms with Gasteiger partial charge in [-0.1, -0.05) is 42.5 Å². The summed E-state index contributed by atoms with van der Waals surface area (Å²) in [6.07, 6.45) is 3.47. The molecule has 1 N–H and O–H groups in total. The minimum absolute atomic E-state index is 0.110. The average Bonchev–Trinajstić information content (AvgIpc) is 3.19. The molecular formula is C23H22N4O2. The molecule has 0 unspecified atom stereocenters. The van der Waals surface area contributed by atoms with Gasteiger partial charge in [0, 0.05) is 24.7 Å². The molecule has 0 aliphatic heterocycles. The quantitative estimate of drug-likeness (QED) is 0.469. The molecule has 0 radical (unpaired) electrons. The molecular weight excluding hydrogens is 364 g/mol. The van der Waals surface area contributed by atoms with E-state index >= 15 is 0 Å². The summed E-state index contributed by atoms with van der Waals surface area (Å²) < 4.78 is 7.77. The number of nitrogens with zero attached hydrogens (tertiary/aromatic N) is 3. The lowest BCUT2D eigenvalue weighted by Crippen LogP contribution is -2.24. The second-order valence-electron chi connectivity index (χ2n) is 6.71. The first kappa shape index (κ1) is 18.7. The van der Waals surface area contributed by atoms with Crippen LogP contribution in [0.5, 0.6) is 5.75 Å². The smallest absolute Gasteiger partial charge is 0.251 e. The van der Waals surface area contributed by atoms with Crippen molar-refractivity contribution in [2.24, 2.45) is 0 Å². The van der Waals surface area contributed by atoms with Crippen LogP contribution in [0.2, 0.25) is 0 Å². The monoisotopic (exact) mass is 386 g/mol. The Hall–Kier alpha value is -3.67. The Morgan fingerprint density at radius 1 is 0.966 bits per heavy atom. The Bertz CT molecular complexity index is 1090. The zero-order valence-corrected chi connectivity index (χ0v) is 16.0. The predicted octanol–water partition coefficient (Wildman–Crippen LogP) is 3.67. The second kappa shape index (κ2) is 9.01. The maximum atomic E-state index is 12.4. The number of pyridine rings is 1. The van der Waals surface area contributed by atoms with E-state index in [2.05, 4.69) is 15.5 Å². The highest BCUT2D eigenvalue weighted by Crippen LogP contribution is 2.15. The van der Waals surface area contributed by atoms with E-state index in [0.717, 1.165) is 29.9 Å². The molecule has 0 aliphatic carbocycles. The van der Waals surface area contributed by atoms with Gasteiger partial charge in [-0.2, -0.15) is 0 Å². The van der Waals surface area contributed by atoms with Gasteiger partial charge < -0.3 is 10.1 Å². The molecule has 0 atom stereocenters. The van der Waals surface area contributed by atoms with Gasteiger partial charge in [-0.15, -0.1) is 10.2 Å². The third-order valence-corrected chi connectivity index (χ3v) is 4.59. The van der Waals surface area contributed by atoms with Gasteiger partial charge in [-0.3, -0.25) is 9.20 Å². The molecule has 2 aromatic carbocycles. The van der Waals surface area contributed by atoms with Gasteiger partial charge in [0.05, 0.1) is 0 Å². The molecule has 0 bridgehead atoms. The Labute approximate surface area is 169 Å². The standard InChI is InChI=1S/C23H22N4O2/c28-23(24-14-7-13-22-26-25-21-12-4-5-15-27(21)22)19-10-6-11-20(16-19)29-17-18-8-2-1-3-9-18/h1-6,8-12,15-16H,7,13-14,17H2,(H,24,28). The summed E-state index contributed by atoms with van der Waals surface area (Å²) >= 11 is 0. The lowest BCUT2D eigenvalue weighted by Gasteiger charge is -2.09. The highest BCUT2D eigenvalue weighted by atomic mass is 16.5. The number of hydrogen-bond donors (Lipinski definition) is 1. The van der Waals surface area contributed by atoms with Gasteiger partial charge in [0.15, 0.2) is 5.65 Å². The van der Waals surface area contributed by atoms with Crippen molar-refractivity contribution in [3.05, 3.63) is 95.9 Å². The molecule has 0 saturated heterocycles. The second-order valence-corrected chi connectivity index (χ2v) is 6.71. The number of amides is 1. The summed E-state index contributed by atoms with van der Waals surface area (Å²) in [6, 6.07) is 23.0. The molecule has 6 heteroatoms. The first-order valence-electron chi connectivity index (χ1n) is 9.63. The van der Waals surface area contributed by atoms with Crippen molar-refractivity contribution < 1.29 is 9.53 Å². The van der Waals surface area contributed by atoms with Crippen LogP contribution >= 0.6 is 0 Å². The van der Waals surface area contributed by atoms with E-state index in [0.29, 0.717) is 24.5 Å². The van der Waals surface area contributed by atoms with Crippen molar-refractivity contribution in [1.29, 1.82) is 0 Å². The van der Waals surface area contributed by atoms with E-state index in [1.165, 1.54) is 0 Å². The van der Waals surface area contributed by atoms with Crippen molar-refractivity contribution in [3.8, 4) is 5.75 Å². The number of hydrogen-bond acceptors (Lipinski definition) is 4. The van der Waals surface area contributed by atoms with E-state index in [4.69, 9.17) is 4.74 Å². The number of rotatable bonds is 8. The Morgan fingerprint density at radius 2 is 1.83 bits per heavy atom. The molecule has 0 spiro atoms. The van der Waals surface area contributed by atoms with Gasteiger partial charge in [-0.05, 0) is 42.3 Å². The molecule has 2 aromatic heterocycles. The molecule has 2 heterocycles. The predicted molar refractivity (Wildman–Crippen MR) is 111 cm³/mol. The van der Waals surface area contributed by atoms with E-state index in [1.807, 2.05) is 71.3 Å². The SMILES string of the molecule is O=C(NCCCc1nnc2ccccn12)c1cccc(OCc2ccccc2)c1. The van der Waals surface area contributed by atoms with Crippen LogP contribution in [0.15, 0.2) is 79.0 Å². The minimum atomic E-state index is -0.110. The Morgan fingerprint density at radius 3 is 2.72 bits per heavy atom. The first-order chi connectivity index (χ1) is 14.3. The van der Waals surface area contributed by atoms with Gasteiger partial charge >= 0.3 is 0 Å². The minimum Gasteiger partial charge on any atom is -0.489 e. The molecule has 0 saturated carbocycles. The Kier molecular flexibility index (Phi) is 5.81. The molecule has 1 amide bonds. The van der Waals surface area contributed by atoms with Crippen LogP contribution in [0, 0.1) is 0 Å². The summed E-state index contributed by atoms with van der Waals surface area (Å²) in [5, 5.41) is 11.3. The fraction of sp³-hybridized carbons (Fsp3) is 0.174. The third kappa shape index (κ3) is 4.79. The summed E-state index contributed by atoms with van der Waals surface area (Å²) in [7, 11) is 0. The van der Waals surface area contributed by atoms with Crippen molar-refractivity contribution in [2.45, 2.75) is 19.4 Å². The lowest BCUT2D eigenvalue weighted by atomic mass is 10.2. The van der Waals surface area contributed by atoms with Crippen LogP contribution in [0.4, 0.5) is 0 Å². The zero-order chi connectivity index (χ0) is 19.9. The fourth-order valence-corrected chi connectivity index (χ4v) is 3.08. The average molecular weight is 386 g/mol. The van der Waals surface area contributed by atoms with E-state index in [9.17, 15) is 4.79 Å². The number of benzene rings is 2. The third-order valence-electron chi connectivity index (χ3n) is 4.59. The maximum absolute atomic E-state index is 12.4. The van der Waals surface area contributed by atoms with Gasteiger partial charge in [-0.25, -0.2) is 0 Å². The van der Waals surface area contributed by atoms with E-state index in [1.54, 1.807) is 12.1 Å². The molecule has 4 aromatic rings. The molecule has 0 aliphatic rings. The highest BCUT2D eigenvalue weighted by molar-refractivity contribution is 5.94. The molecule has 146 valence electrons. The van der Waals surface area contributed by atoms with Crippen LogP contribution < -0.4 is 10.1 Å². The maximum Gasteiger partial charge on any atom is 0.251 e. The fourth-order valence-electron chi connectivity index (χ4n) is 3.08. The van der Waals surface area contributed by atoms with Gasteiger partial charge in [0.25, 0.3) is 5.91 Å². The summed E-state index contributed by atoms with van der Waals surface area (Å²) in [4.78, 5) is 12.4. The summed E-state index contributed by atoms with van der Waals surface area (Å²) in [6.45, 7) is 1.04. The number of nitrogens with one attached hydrogen (secondary N) is 1. The van der Waals surface area contributed by atoms with Gasteiger partial charge in [0.1, 0.15) is 18.2 Å². The molecule has 4 rings (SSSR count). The van der Waals surface area contributed by atoms with Crippen molar-refractivity contribution in [2.75, 3.05) is 6.54 Å². The van der Waals surface area contributed by atoms with Crippen molar-refractivity contribution >= 4 is 11.6 Å². The highest BCUT2D eigenvalue weighted by Gasteiger charge is 2.08. The topological polar surface area (TPSA) is 68.5 Å². The number of aryl methyl sites for hydroxylation is 1. The number of fused-ring (bicyclic) bond motifs is 1. The molecule has 0 fully saturated rings. The van der Waals surface area contributed by atoms with Crippen LogP contribution in [0.1, 0.15) is 28.2 Å². The number of carbonyl (C=O) groups is 1. The number of ether oxygens (including phenoxy) is 1. The van der Waals surface area contributed by atoms with Gasteiger partial charge in [0.2, 0.25) is 0 Å². The van der Waals surface area contributed by atoms with Crippen LogP contribution in [0.25, 0.3) is 5.65 Å². The van der Waals surface area contributed by atoms with Crippen LogP contribution in [-0.4, -0.2) is 27.0 Å². The zero-order valence-electron chi connectivity index (χ0n) is 16.0.